The van der Waals surface area contributed by atoms with Crippen LogP contribution in [0.3, 0.4) is 0 Å². The smallest absolute Gasteiger partial charge is 0.122 e. The molecule has 3 aromatic carbocycles. The fourth-order valence-corrected chi connectivity index (χ4v) is 3.61. The van der Waals surface area contributed by atoms with Crippen LogP contribution in [-0.2, 0) is 6.54 Å². The maximum Gasteiger partial charge on any atom is 0.122 e. The van der Waals surface area contributed by atoms with Gasteiger partial charge in [0.05, 0.1) is 27.9 Å². The van der Waals surface area contributed by atoms with E-state index in [4.69, 9.17) is 14.2 Å². The minimum atomic E-state index is 0.268. The molecule has 0 aliphatic rings. The normalized spacial score (nSPS) is 11.7. The molecular formula is C25H30NO3+. The molecule has 0 aliphatic heterocycles. The van der Waals surface area contributed by atoms with Crippen molar-refractivity contribution in [3.63, 3.8) is 0 Å². The number of hydrogen-bond acceptors (Lipinski definition) is 3. The lowest BCUT2D eigenvalue weighted by molar-refractivity contribution is -0.671. The van der Waals surface area contributed by atoms with Gasteiger partial charge in [0.15, 0.2) is 0 Å². The van der Waals surface area contributed by atoms with Gasteiger partial charge in [-0.05, 0) is 48.0 Å². The number of para-hydroxylation sites is 1. The summed E-state index contributed by atoms with van der Waals surface area (Å²) in [5.74, 6) is 2.97. The predicted molar refractivity (Wildman–Crippen MR) is 116 cm³/mol. The summed E-state index contributed by atoms with van der Waals surface area (Å²) >= 11 is 0. The van der Waals surface area contributed by atoms with Crippen LogP contribution in [0.2, 0.25) is 0 Å². The van der Waals surface area contributed by atoms with Gasteiger partial charge in [-0.1, -0.05) is 30.3 Å². The fourth-order valence-electron chi connectivity index (χ4n) is 3.61. The molecule has 0 unspecified atom stereocenters. The number of nitrogens with two attached hydrogens (primary N) is 1. The molecule has 4 heteroatoms. The SMILES string of the molecule is COc1ccc(C[NH2+]CC[C@@H](c2ccc(OC)cc2)c2ccccc2OC)cc1. The average Bonchev–Trinajstić information content (AvgIpc) is 2.79. The molecule has 0 heterocycles. The molecule has 2 N–H and O–H groups in total. The molecule has 1 atom stereocenters. The van der Waals surface area contributed by atoms with Gasteiger partial charge in [0.2, 0.25) is 0 Å². The minimum Gasteiger partial charge on any atom is -0.497 e. The maximum atomic E-state index is 5.64. The minimum absolute atomic E-state index is 0.268. The monoisotopic (exact) mass is 392 g/mol. The second-order valence-corrected chi connectivity index (χ2v) is 6.99. The fraction of sp³-hybridized carbons (Fsp3) is 0.280. The zero-order valence-corrected chi connectivity index (χ0v) is 17.4. The number of rotatable bonds is 10. The Morgan fingerprint density at radius 3 is 1.97 bits per heavy atom. The molecule has 0 saturated carbocycles. The predicted octanol–water partition coefficient (Wildman–Crippen LogP) is 4.00. The molecule has 0 amide bonds. The van der Waals surface area contributed by atoms with E-state index in [9.17, 15) is 0 Å². The molecule has 0 spiro atoms. The first-order chi connectivity index (χ1) is 14.2. The Morgan fingerprint density at radius 1 is 0.724 bits per heavy atom. The number of quaternary nitrogens is 1. The zero-order valence-electron chi connectivity index (χ0n) is 17.4. The summed E-state index contributed by atoms with van der Waals surface area (Å²) in [6.07, 6.45) is 1.02. The summed E-state index contributed by atoms with van der Waals surface area (Å²) in [4.78, 5) is 0. The molecule has 0 aliphatic carbocycles. The average molecular weight is 393 g/mol. The van der Waals surface area contributed by atoms with Gasteiger partial charge in [-0.2, -0.15) is 0 Å². The Labute approximate surface area is 173 Å². The van der Waals surface area contributed by atoms with Crippen molar-refractivity contribution >= 4 is 0 Å². The first-order valence-corrected chi connectivity index (χ1v) is 9.96. The topological polar surface area (TPSA) is 44.3 Å². The van der Waals surface area contributed by atoms with E-state index in [0.717, 1.165) is 36.8 Å². The molecule has 0 aromatic heterocycles. The third-order valence-electron chi connectivity index (χ3n) is 5.23. The van der Waals surface area contributed by atoms with Crippen molar-refractivity contribution in [1.82, 2.24) is 0 Å². The second-order valence-electron chi connectivity index (χ2n) is 6.99. The summed E-state index contributed by atoms with van der Waals surface area (Å²) in [6.45, 7) is 1.96. The van der Waals surface area contributed by atoms with Crippen LogP contribution >= 0.6 is 0 Å². The van der Waals surface area contributed by atoms with Crippen molar-refractivity contribution in [3.8, 4) is 17.2 Å². The van der Waals surface area contributed by atoms with Gasteiger partial charge in [0, 0.05) is 23.5 Å². The van der Waals surface area contributed by atoms with E-state index in [0.29, 0.717) is 0 Å². The first-order valence-electron chi connectivity index (χ1n) is 9.96. The Balaban J connectivity index is 1.70. The maximum absolute atomic E-state index is 5.64. The Morgan fingerprint density at radius 2 is 1.34 bits per heavy atom. The lowest BCUT2D eigenvalue weighted by atomic mass is 9.88. The number of hydrogen-bond donors (Lipinski definition) is 1. The highest BCUT2D eigenvalue weighted by molar-refractivity contribution is 5.43. The second kappa shape index (κ2) is 10.5. The number of methoxy groups -OCH3 is 3. The summed E-state index contributed by atoms with van der Waals surface area (Å²) in [7, 11) is 5.12. The molecular weight excluding hydrogens is 362 g/mol. The standard InChI is InChI=1S/C25H29NO3/c1-27-21-12-8-19(9-13-21)18-26-17-16-23(20-10-14-22(28-2)15-11-20)24-6-4-5-7-25(24)29-3/h4-15,23,26H,16-18H2,1-3H3/p+1/t23-/m0/s1. The molecule has 4 nitrogen and oxygen atoms in total. The molecule has 3 rings (SSSR count). The number of ether oxygens (including phenoxy) is 3. The van der Waals surface area contributed by atoms with Crippen LogP contribution < -0.4 is 19.5 Å². The van der Waals surface area contributed by atoms with Crippen LogP contribution in [0.25, 0.3) is 0 Å². The highest BCUT2D eigenvalue weighted by Crippen LogP contribution is 2.34. The molecule has 0 saturated heterocycles. The highest BCUT2D eigenvalue weighted by atomic mass is 16.5. The van der Waals surface area contributed by atoms with E-state index in [2.05, 4.69) is 41.7 Å². The molecule has 29 heavy (non-hydrogen) atoms. The summed E-state index contributed by atoms with van der Waals surface area (Å²) in [5, 5.41) is 2.35. The third-order valence-corrected chi connectivity index (χ3v) is 5.23. The van der Waals surface area contributed by atoms with E-state index in [1.807, 2.05) is 36.4 Å². The quantitative estimate of drug-likeness (QED) is 0.531. The van der Waals surface area contributed by atoms with Crippen molar-refractivity contribution in [2.45, 2.75) is 18.9 Å². The van der Waals surface area contributed by atoms with Gasteiger partial charge in [0.25, 0.3) is 0 Å². The first kappa shape index (κ1) is 20.7. The highest BCUT2D eigenvalue weighted by Gasteiger charge is 2.19. The molecule has 0 bridgehead atoms. The van der Waals surface area contributed by atoms with Crippen LogP contribution in [0.4, 0.5) is 0 Å². The Bertz CT molecular complexity index is 875. The van der Waals surface area contributed by atoms with E-state index >= 15 is 0 Å². The van der Waals surface area contributed by atoms with Crippen LogP contribution in [-0.4, -0.2) is 27.9 Å². The van der Waals surface area contributed by atoms with Crippen molar-refractivity contribution in [3.05, 3.63) is 89.5 Å². The van der Waals surface area contributed by atoms with E-state index in [1.54, 1.807) is 21.3 Å². The summed E-state index contributed by atoms with van der Waals surface area (Å²) in [5.41, 5.74) is 3.79. The van der Waals surface area contributed by atoms with Gasteiger partial charge in [0.1, 0.15) is 23.8 Å². The molecule has 0 radical (unpaired) electrons. The Kier molecular flexibility index (Phi) is 7.54. The van der Waals surface area contributed by atoms with Crippen molar-refractivity contribution in [2.24, 2.45) is 0 Å². The zero-order chi connectivity index (χ0) is 20.5. The van der Waals surface area contributed by atoms with Crippen LogP contribution in [0.5, 0.6) is 17.2 Å². The van der Waals surface area contributed by atoms with Crippen LogP contribution in [0, 0.1) is 0 Å². The molecule has 0 fully saturated rings. The van der Waals surface area contributed by atoms with E-state index < -0.39 is 0 Å². The lowest BCUT2D eigenvalue weighted by Gasteiger charge is -2.20. The lowest BCUT2D eigenvalue weighted by Crippen LogP contribution is -2.82. The number of benzene rings is 3. The summed E-state index contributed by atoms with van der Waals surface area (Å²) in [6, 6.07) is 24.9. The van der Waals surface area contributed by atoms with E-state index in [-0.39, 0.29) is 5.92 Å². The van der Waals surface area contributed by atoms with Crippen LogP contribution in [0.1, 0.15) is 29.0 Å². The van der Waals surface area contributed by atoms with Crippen LogP contribution in [0.15, 0.2) is 72.8 Å². The van der Waals surface area contributed by atoms with Crippen molar-refractivity contribution < 1.29 is 19.5 Å². The molecule has 3 aromatic rings. The third kappa shape index (κ3) is 5.52. The van der Waals surface area contributed by atoms with Crippen molar-refractivity contribution in [2.75, 3.05) is 27.9 Å². The van der Waals surface area contributed by atoms with Crippen molar-refractivity contribution in [1.29, 1.82) is 0 Å². The Hall–Kier alpha value is -2.98. The molecule has 152 valence electrons. The van der Waals surface area contributed by atoms with Gasteiger partial charge >= 0.3 is 0 Å². The van der Waals surface area contributed by atoms with Gasteiger partial charge in [-0.15, -0.1) is 0 Å². The van der Waals surface area contributed by atoms with Gasteiger partial charge in [-0.3, -0.25) is 0 Å². The summed E-state index contributed by atoms with van der Waals surface area (Å²) < 4.78 is 16.2. The van der Waals surface area contributed by atoms with Gasteiger partial charge in [-0.25, -0.2) is 0 Å². The van der Waals surface area contributed by atoms with E-state index in [1.165, 1.54) is 16.7 Å². The largest absolute Gasteiger partial charge is 0.497 e. The van der Waals surface area contributed by atoms with Gasteiger partial charge < -0.3 is 19.5 Å².